The summed E-state index contributed by atoms with van der Waals surface area (Å²) < 4.78 is 1.31. The van der Waals surface area contributed by atoms with Crippen LogP contribution in [0.1, 0.15) is 26.7 Å². The predicted octanol–water partition coefficient (Wildman–Crippen LogP) is -0.829. The van der Waals surface area contributed by atoms with Gasteiger partial charge in [-0.3, -0.25) is 19.3 Å². The third-order valence-electron chi connectivity index (χ3n) is 5.48. The molecule has 4 rings (SSSR count). The van der Waals surface area contributed by atoms with Gasteiger partial charge < -0.3 is 20.5 Å². The number of anilines is 1. The van der Waals surface area contributed by atoms with Gasteiger partial charge in [-0.15, -0.1) is 0 Å². The van der Waals surface area contributed by atoms with Crippen molar-refractivity contribution in [3.05, 3.63) is 33.8 Å². The van der Waals surface area contributed by atoms with Crippen LogP contribution in [0.3, 0.4) is 0 Å². The van der Waals surface area contributed by atoms with Crippen molar-refractivity contribution in [2.24, 2.45) is 18.9 Å². The quantitative estimate of drug-likeness (QED) is 0.644. The summed E-state index contributed by atoms with van der Waals surface area (Å²) in [6, 6.07) is 0. The van der Waals surface area contributed by atoms with Crippen molar-refractivity contribution in [1.29, 1.82) is 0 Å². The molecule has 4 N–H and O–H groups in total. The maximum atomic E-state index is 12.6. The number of aromatic amines is 2. The lowest BCUT2D eigenvalue weighted by Crippen LogP contribution is -2.37. The first-order valence-corrected chi connectivity index (χ1v) is 8.50. The van der Waals surface area contributed by atoms with E-state index in [9.17, 15) is 14.4 Å². The molecule has 0 aromatic carbocycles. The molecule has 0 unspecified atom stereocenters. The van der Waals surface area contributed by atoms with Crippen LogP contribution in [0.2, 0.25) is 0 Å². The molecule has 138 valence electrons. The van der Waals surface area contributed by atoms with Crippen molar-refractivity contribution in [2.75, 3.05) is 31.9 Å². The first kappa shape index (κ1) is 16.4. The number of rotatable bonds is 2. The molecule has 0 radical (unpaired) electrons. The van der Waals surface area contributed by atoms with Crippen LogP contribution < -0.4 is 11.4 Å². The highest BCUT2D eigenvalue weighted by atomic mass is 16.2. The number of imidazole rings is 1. The van der Waals surface area contributed by atoms with Crippen molar-refractivity contribution in [2.45, 2.75) is 6.92 Å². The molecule has 2 amide bonds. The fraction of sp³-hybridized carbons (Fsp3) is 0.500. The van der Waals surface area contributed by atoms with Crippen LogP contribution in [0.4, 0.5) is 5.69 Å². The topological polar surface area (TPSA) is 133 Å². The molecular formula is C16H21N7O3. The molecule has 0 spiro atoms. The lowest BCUT2D eigenvalue weighted by molar-refractivity contribution is 0.0731. The SMILES string of the molecule is Cc1[nH]nc(C(=O)N2C[C@@H]3CN(C(=O)c4c[nH]c(=O)n4C)C[C@@H]3C2)c1N. The van der Waals surface area contributed by atoms with Gasteiger partial charge in [0.1, 0.15) is 5.69 Å². The summed E-state index contributed by atoms with van der Waals surface area (Å²) in [6.07, 6.45) is 1.44. The molecule has 2 aliphatic heterocycles. The van der Waals surface area contributed by atoms with E-state index in [4.69, 9.17) is 5.73 Å². The maximum absolute atomic E-state index is 12.6. The summed E-state index contributed by atoms with van der Waals surface area (Å²) >= 11 is 0. The van der Waals surface area contributed by atoms with E-state index in [2.05, 4.69) is 15.2 Å². The minimum absolute atomic E-state index is 0.162. The molecule has 2 fully saturated rings. The number of fused-ring (bicyclic) bond motifs is 1. The van der Waals surface area contributed by atoms with Crippen molar-refractivity contribution in [3.8, 4) is 0 Å². The predicted molar refractivity (Wildman–Crippen MR) is 92.6 cm³/mol. The number of H-pyrrole nitrogens is 2. The molecule has 10 heteroatoms. The summed E-state index contributed by atoms with van der Waals surface area (Å²) in [7, 11) is 1.57. The van der Waals surface area contributed by atoms with Gasteiger partial charge in [-0.05, 0) is 6.92 Å². The Kier molecular flexibility index (Phi) is 3.63. The highest BCUT2D eigenvalue weighted by Crippen LogP contribution is 2.33. The Morgan fingerprint density at radius 2 is 1.73 bits per heavy atom. The normalized spacial score (nSPS) is 22.1. The van der Waals surface area contributed by atoms with Gasteiger partial charge in [0, 0.05) is 51.3 Å². The second-order valence-electron chi connectivity index (χ2n) is 7.09. The number of likely N-dealkylation sites (tertiary alicyclic amines) is 2. The number of carbonyl (C=O) groups is 2. The molecule has 0 aliphatic carbocycles. The van der Waals surface area contributed by atoms with Gasteiger partial charge in [-0.25, -0.2) is 4.79 Å². The fourth-order valence-electron chi connectivity index (χ4n) is 3.88. The Hall–Kier alpha value is -3.04. The molecular weight excluding hydrogens is 338 g/mol. The van der Waals surface area contributed by atoms with Gasteiger partial charge in [0.2, 0.25) is 0 Å². The Balaban J connectivity index is 1.43. The first-order valence-electron chi connectivity index (χ1n) is 8.50. The minimum atomic E-state index is -0.309. The Labute approximate surface area is 149 Å². The number of nitrogens with one attached hydrogen (secondary N) is 2. The van der Waals surface area contributed by atoms with E-state index < -0.39 is 0 Å². The number of amides is 2. The smallest absolute Gasteiger partial charge is 0.325 e. The molecule has 2 aromatic heterocycles. The summed E-state index contributed by atoms with van der Waals surface area (Å²) in [5.41, 5.74) is 7.28. The van der Waals surface area contributed by atoms with Crippen LogP contribution in [0.15, 0.2) is 11.0 Å². The van der Waals surface area contributed by atoms with Crippen molar-refractivity contribution < 1.29 is 9.59 Å². The van der Waals surface area contributed by atoms with Gasteiger partial charge in [0.25, 0.3) is 11.8 Å². The monoisotopic (exact) mass is 359 g/mol. The zero-order valence-corrected chi connectivity index (χ0v) is 14.7. The van der Waals surface area contributed by atoms with Gasteiger partial charge in [0.15, 0.2) is 5.69 Å². The summed E-state index contributed by atoms with van der Waals surface area (Å²) in [5, 5.41) is 6.74. The van der Waals surface area contributed by atoms with E-state index in [1.807, 2.05) is 0 Å². The fourth-order valence-corrected chi connectivity index (χ4v) is 3.88. The average Bonchev–Trinajstić information content (AvgIpc) is 3.33. The number of nitrogens with zero attached hydrogens (tertiary/aromatic N) is 4. The zero-order chi connectivity index (χ0) is 18.6. The number of carbonyl (C=O) groups excluding carboxylic acids is 2. The van der Waals surface area contributed by atoms with E-state index in [1.165, 1.54) is 10.8 Å². The number of hydrogen-bond acceptors (Lipinski definition) is 5. The van der Waals surface area contributed by atoms with E-state index in [0.29, 0.717) is 43.3 Å². The van der Waals surface area contributed by atoms with Crippen LogP contribution in [-0.2, 0) is 7.05 Å². The van der Waals surface area contributed by atoms with E-state index in [1.54, 1.807) is 23.8 Å². The Bertz CT molecular complexity index is 926. The van der Waals surface area contributed by atoms with E-state index >= 15 is 0 Å². The van der Waals surface area contributed by atoms with Crippen LogP contribution in [-0.4, -0.2) is 67.5 Å². The third kappa shape index (κ3) is 2.40. The molecule has 26 heavy (non-hydrogen) atoms. The van der Waals surface area contributed by atoms with Crippen LogP contribution in [0.25, 0.3) is 0 Å². The van der Waals surface area contributed by atoms with Crippen molar-refractivity contribution >= 4 is 17.5 Å². The van der Waals surface area contributed by atoms with Gasteiger partial charge in [-0.1, -0.05) is 0 Å². The molecule has 10 nitrogen and oxygen atoms in total. The molecule has 2 aliphatic rings. The number of nitrogens with two attached hydrogens (primary N) is 1. The second kappa shape index (κ2) is 5.75. The lowest BCUT2D eigenvalue weighted by atomic mass is 10.0. The highest BCUT2D eigenvalue weighted by molar-refractivity contribution is 5.98. The maximum Gasteiger partial charge on any atom is 0.325 e. The summed E-state index contributed by atoms with van der Waals surface area (Å²) in [6.45, 7) is 4.06. The largest absolute Gasteiger partial charge is 0.395 e. The minimum Gasteiger partial charge on any atom is -0.395 e. The number of aryl methyl sites for hydroxylation is 1. The average molecular weight is 359 g/mol. The lowest BCUT2D eigenvalue weighted by Gasteiger charge is -2.21. The highest BCUT2D eigenvalue weighted by Gasteiger charge is 2.44. The summed E-state index contributed by atoms with van der Waals surface area (Å²) in [4.78, 5) is 42.8. The second-order valence-corrected chi connectivity index (χ2v) is 7.09. The molecule has 0 bridgehead atoms. The number of hydrogen-bond donors (Lipinski definition) is 3. The molecule has 2 aromatic rings. The molecule has 2 atom stereocenters. The number of nitrogen functional groups attached to an aromatic ring is 1. The number of aromatic nitrogens is 4. The van der Waals surface area contributed by atoms with Crippen LogP contribution >= 0.6 is 0 Å². The van der Waals surface area contributed by atoms with Gasteiger partial charge in [0.05, 0.1) is 11.4 Å². The van der Waals surface area contributed by atoms with Crippen molar-refractivity contribution in [3.63, 3.8) is 0 Å². The van der Waals surface area contributed by atoms with Crippen LogP contribution in [0.5, 0.6) is 0 Å². The Morgan fingerprint density at radius 3 is 2.19 bits per heavy atom. The zero-order valence-electron chi connectivity index (χ0n) is 14.7. The Morgan fingerprint density at radius 1 is 1.15 bits per heavy atom. The van der Waals surface area contributed by atoms with Gasteiger partial charge in [-0.2, -0.15) is 5.10 Å². The third-order valence-corrected chi connectivity index (χ3v) is 5.48. The molecule has 2 saturated heterocycles. The standard InChI is InChI=1S/C16H21N7O3/c1-8-12(17)13(20-19-8)15(25)23-6-9-4-22(5-10(9)7-23)14(24)11-3-18-16(26)21(11)2/h3,9-10H,4-7,17H2,1-2H3,(H,18,26)(H,19,20)/t9-,10+. The molecule has 0 saturated carbocycles. The van der Waals surface area contributed by atoms with Crippen LogP contribution in [0, 0.1) is 18.8 Å². The molecule has 4 heterocycles. The van der Waals surface area contributed by atoms with E-state index in [0.717, 1.165) is 0 Å². The first-order chi connectivity index (χ1) is 12.4. The summed E-state index contributed by atoms with van der Waals surface area (Å²) in [5.74, 6) is 0.109. The van der Waals surface area contributed by atoms with Gasteiger partial charge >= 0.3 is 5.69 Å². The van der Waals surface area contributed by atoms with E-state index in [-0.39, 0.29) is 35.0 Å². The van der Waals surface area contributed by atoms with Crippen molar-refractivity contribution in [1.82, 2.24) is 29.5 Å².